The van der Waals surface area contributed by atoms with Gasteiger partial charge in [0.25, 0.3) is 0 Å². The van der Waals surface area contributed by atoms with Crippen LogP contribution in [0.1, 0.15) is 72.1 Å². The minimum Gasteiger partial charge on any atom is -0.458 e. The zero-order valence-corrected chi connectivity index (χ0v) is 23.6. The van der Waals surface area contributed by atoms with Crippen molar-refractivity contribution in [2.45, 2.75) is 121 Å². The number of cyclic esters (lactones) is 1. The van der Waals surface area contributed by atoms with Gasteiger partial charge in [0.2, 0.25) is 0 Å². The van der Waals surface area contributed by atoms with Gasteiger partial charge in [0.1, 0.15) is 24.9 Å². The third-order valence-electron chi connectivity index (χ3n) is 12.3. The number of methoxy groups -OCH3 is 1. The topological polar surface area (TPSA) is 135 Å². The number of esters is 1. The van der Waals surface area contributed by atoms with Crippen molar-refractivity contribution in [1.29, 1.82) is 0 Å². The molecule has 0 bridgehead atoms. The number of rotatable bonds is 4. The normalized spacial score (nSPS) is 55.3. The van der Waals surface area contributed by atoms with Gasteiger partial charge in [0.15, 0.2) is 6.29 Å². The Bertz CT molecular complexity index is 1000. The molecular weight excluding hydrogens is 504 g/mol. The summed E-state index contributed by atoms with van der Waals surface area (Å²) < 4.78 is 22.7. The van der Waals surface area contributed by atoms with E-state index in [2.05, 4.69) is 13.8 Å². The molecule has 5 fully saturated rings. The molecule has 4 aliphatic carbocycles. The molecule has 14 atom stereocenters. The minimum absolute atomic E-state index is 0.00175. The van der Waals surface area contributed by atoms with E-state index < -0.39 is 47.8 Å². The number of aliphatic hydroxyl groups is 4. The molecule has 0 aromatic heterocycles. The maximum atomic E-state index is 12.4. The molecular formula is C30H46O9. The van der Waals surface area contributed by atoms with Gasteiger partial charge in [0.05, 0.1) is 23.9 Å². The van der Waals surface area contributed by atoms with E-state index >= 15 is 0 Å². The zero-order chi connectivity index (χ0) is 27.9. The summed E-state index contributed by atoms with van der Waals surface area (Å²) in [7, 11) is 1.47. The summed E-state index contributed by atoms with van der Waals surface area (Å²) in [5, 5.41) is 45.2. The fraction of sp³-hybridized carbons (Fsp3) is 0.900. The van der Waals surface area contributed by atoms with Crippen LogP contribution in [0.5, 0.6) is 0 Å². The van der Waals surface area contributed by atoms with Gasteiger partial charge in [-0.15, -0.1) is 0 Å². The molecule has 4 saturated carbocycles. The molecule has 9 nitrogen and oxygen atoms in total. The van der Waals surface area contributed by atoms with Crippen molar-refractivity contribution in [2.75, 3.05) is 13.7 Å². The van der Waals surface area contributed by atoms with Crippen LogP contribution in [0.3, 0.4) is 0 Å². The molecule has 2 aliphatic heterocycles. The van der Waals surface area contributed by atoms with Crippen LogP contribution in [0, 0.1) is 34.5 Å². The molecule has 6 aliphatic rings. The summed E-state index contributed by atoms with van der Waals surface area (Å²) in [5.74, 6) is 0.0523. The highest BCUT2D eigenvalue weighted by Crippen LogP contribution is 2.70. The van der Waals surface area contributed by atoms with Crippen LogP contribution in [0.15, 0.2) is 11.6 Å². The predicted octanol–water partition coefficient (Wildman–Crippen LogP) is 2.08. The monoisotopic (exact) mass is 550 g/mol. The van der Waals surface area contributed by atoms with E-state index in [1.165, 1.54) is 7.11 Å². The Hall–Kier alpha value is -1.07. The molecule has 220 valence electrons. The first kappa shape index (κ1) is 28.1. The SMILES string of the molecule is COC1C(O)[C@H](O[C@H]2CC[C@]3(C)C4C(O)C[C@]5(C)[C@@H](C6=CC(=O)OC6)CC[C@]5(O)C4CC[C@@H]3C2)OC(C)[C@@H]1O. The van der Waals surface area contributed by atoms with Crippen LogP contribution in [0.4, 0.5) is 0 Å². The van der Waals surface area contributed by atoms with E-state index in [4.69, 9.17) is 18.9 Å². The van der Waals surface area contributed by atoms with Crippen molar-refractivity contribution in [3.05, 3.63) is 11.6 Å². The lowest BCUT2D eigenvalue weighted by molar-refractivity contribution is -0.314. The van der Waals surface area contributed by atoms with Gasteiger partial charge in [-0.3, -0.25) is 0 Å². The lowest BCUT2D eigenvalue weighted by Crippen LogP contribution is -2.66. The number of carbonyl (C=O) groups is 1. The number of fused-ring (bicyclic) bond motifs is 5. The molecule has 2 heterocycles. The zero-order valence-electron chi connectivity index (χ0n) is 23.6. The van der Waals surface area contributed by atoms with Crippen LogP contribution in [0.25, 0.3) is 0 Å². The smallest absolute Gasteiger partial charge is 0.331 e. The van der Waals surface area contributed by atoms with Crippen LogP contribution < -0.4 is 0 Å². The Labute approximate surface area is 230 Å². The van der Waals surface area contributed by atoms with Gasteiger partial charge in [-0.2, -0.15) is 0 Å². The lowest BCUT2D eigenvalue weighted by Gasteiger charge is -2.65. The van der Waals surface area contributed by atoms with Crippen LogP contribution in [-0.2, 0) is 23.7 Å². The Morgan fingerprint density at radius 3 is 2.51 bits per heavy atom. The highest BCUT2D eigenvalue weighted by Gasteiger charge is 2.70. The van der Waals surface area contributed by atoms with E-state index in [-0.39, 0.29) is 35.2 Å². The van der Waals surface area contributed by atoms with E-state index in [0.717, 1.165) is 44.1 Å². The van der Waals surface area contributed by atoms with Gasteiger partial charge in [-0.1, -0.05) is 13.8 Å². The first-order chi connectivity index (χ1) is 18.4. The van der Waals surface area contributed by atoms with Crippen molar-refractivity contribution in [3.63, 3.8) is 0 Å². The van der Waals surface area contributed by atoms with Gasteiger partial charge >= 0.3 is 5.97 Å². The van der Waals surface area contributed by atoms with E-state index in [9.17, 15) is 25.2 Å². The number of ether oxygens (including phenoxy) is 4. The summed E-state index contributed by atoms with van der Waals surface area (Å²) in [4.78, 5) is 11.8. The van der Waals surface area contributed by atoms with Gasteiger partial charge in [-0.05, 0) is 93.0 Å². The molecule has 0 spiro atoms. The molecule has 6 rings (SSSR count). The van der Waals surface area contributed by atoms with E-state index in [1.807, 2.05) is 0 Å². The second-order valence-electron chi connectivity index (χ2n) is 13.9. The number of carbonyl (C=O) groups excluding carboxylic acids is 1. The third-order valence-corrected chi connectivity index (χ3v) is 12.3. The fourth-order valence-electron chi connectivity index (χ4n) is 10.2. The average Bonchev–Trinajstić information content (AvgIpc) is 3.42. The molecule has 1 saturated heterocycles. The molecule has 0 amide bonds. The van der Waals surface area contributed by atoms with Crippen molar-refractivity contribution in [3.8, 4) is 0 Å². The van der Waals surface area contributed by atoms with Crippen LogP contribution >= 0.6 is 0 Å². The summed E-state index contributed by atoms with van der Waals surface area (Å²) in [6.07, 6.45) is 3.05. The van der Waals surface area contributed by atoms with Crippen LogP contribution in [0.2, 0.25) is 0 Å². The number of aliphatic hydroxyl groups excluding tert-OH is 3. The maximum absolute atomic E-state index is 12.4. The van der Waals surface area contributed by atoms with Crippen LogP contribution in [-0.4, -0.2) is 88.6 Å². The molecule has 0 aromatic rings. The molecule has 4 N–H and O–H groups in total. The highest BCUT2D eigenvalue weighted by molar-refractivity contribution is 5.85. The van der Waals surface area contributed by atoms with E-state index in [1.54, 1.807) is 13.0 Å². The van der Waals surface area contributed by atoms with Crippen molar-refractivity contribution < 1.29 is 44.2 Å². The molecule has 0 aromatic carbocycles. The summed E-state index contributed by atoms with van der Waals surface area (Å²) in [6, 6.07) is 0. The minimum atomic E-state index is -1.08. The molecule has 0 radical (unpaired) electrons. The number of hydrogen-bond acceptors (Lipinski definition) is 9. The standard InChI is InChI=1S/C30H46O9/c1-15-24(33)26(36-4)25(34)27(38-15)39-18-7-9-28(2)17(12-18)5-6-20-23(28)21(31)13-29(3)19(8-10-30(20,29)35)16-11-22(32)37-14-16/h11,15,17-21,23-27,31,33-35H,5-10,12-14H2,1-4H3/t15?,17-,18+,19-,20?,21?,23?,24+,25?,26?,27+,28+,29-,30+/m1/s1. The quantitative estimate of drug-likeness (QED) is 0.307. The number of hydrogen-bond donors (Lipinski definition) is 4. The summed E-state index contributed by atoms with van der Waals surface area (Å²) in [5.41, 5.74) is -0.550. The van der Waals surface area contributed by atoms with Crippen molar-refractivity contribution in [2.24, 2.45) is 34.5 Å². The lowest BCUT2D eigenvalue weighted by atomic mass is 9.42. The maximum Gasteiger partial charge on any atom is 0.331 e. The highest BCUT2D eigenvalue weighted by atomic mass is 16.7. The summed E-state index contributed by atoms with van der Waals surface area (Å²) in [6.45, 7) is 6.46. The fourth-order valence-corrected chi connectivity index (χ4v) is 10.2. The Morgan fingerprint density at radius 2 is 1.82 bits per heavy atom. The Balaban J connectivity index is 1.18. The Morgan fingerprint density at radius 1 is 1.05 bits per heavy atom. The van der Waals surface area contributed by atoms with Crippen molar-refractivity contribution in [1.82, 2.24) is 0 Å². The Kier molecular flexibility index (Phi) is 7.02. The average molecular weight is 551 g/mol. The molecule has 9 heteroatoms. The van der Waals surface area contributed by atoms with Gasteiger partial charge in [0, 0.05) is 18.6 Å². The first-order valence-corrected chi connectivity index (χ1v) is 14.9. The van der Waals surface area contributed by atoms with Crippen molar-refractivity contribution >= 4 is 5.97 Å². The largest absolute Gasteiger partial charge is 0.458 e. The first-order valence-electron chi connectivity index (χ1n) is 14.9. The van der Waals surface area contributed by atoms with Gasteiger partial charge in [-0.25, -0.2) is 4.79 Å². The summed E-state index contributed by atoms with van der Waals surface area (Å²) >= 11 is 0. The van der Waals surface area contributed by atoms with E-state index in [0.29, 0.717) is 25.4 Å². The third kappa shape index (κ3) is 4.09. The van der Waals surface area contributed by atoms with Gasteiger partial charge < -0.3 is 39.4 Å². The molecule has 6 unspecified atom stereocenters. The molecule has 39 heavy (non-hydrogen) atoms. The second-order valence-corrected chi connectivity index (χ2v) is 13.9. The second kappa shape index (κ2) is 9.75. The predicted molar refractivity (Wildman–Crippen MR) is 139 cm³/mol.